The van der Waals surface area contributed by atoms with E-state index in [9.17, 15) is 22.8 Å². The van der Waals surface area contributed by atoms with Crippen LogP contribution in [-0.4, -0.2) is 25.7 Å². The van der Waals surface area contributed by atoms with Crippen LogP contribution in [0.2, 0.25) is 0 Å². The summed E-state index contributed by atoms with van der Waals surface area (Å²) in [5.41, 5.74) is -0.800. The van der Waals surface area contributed by atoms with Crippen LogP contribution < -0.4 is 5.32 Å². The van der Waals surface area contributed by atoms with Crippen LogP contribution in [-0.2, 0) is 20.5 Å². The van der Waals surface area contributed by atoms with Crippen molar-refractivity contribution in [2.24, 2.45) is 4.99 Å². The van der Waals surface area contributed by atoms with Crippen LogP contribution in [0.1, 0.15) is 18.4 Å². The van der Waals surface area contributed by atoms with Crippen molar-refractivity contribution in [3.63, 3.8) is 0 Å². The monoisotopic (exact) mass is 302 g/mol. The summed E-state index contributed by atoms with van der Waals surface area (Å²) in [5.74, 6) is -0.379. The summed E-state index contributed by atoms with van der Waals surface area (Å²) >= 11 is 0. The van der Waals surface area contributed by atoms with E-state index in [4.69, 9.17) is 0 Å². The molecule has 1 aromatic carbocycles. The number of rotatable bonds is 6. The molecule has 0 aliphatic carbocycles. The zero-order chi connectivity index (χ0) is 15.9. The molecule has 114 valence electrons. The van der Waals surface area contributed by atoms with Gasteiger partial charge in [0.1, 0.15) is 0 Å². The quantitative estimate of drug-likeness (QED) is 0.379. The molecule has 0 aromatic heterocycles. The van der Waals surface area contributed by atoms with Gasteiger partial charge in [-0.1, -0.05) is 0 Å². The SMILES string of the molecule is COC(=O)CCCNc1ccc(C(F)(F)F)cc1N=C=O. The van der Waals surface area contributed by atoms with Crippen LogP contribution in [0, 0.1) is 0 Å². The van der Waals surface area contributed by atoms with E-state index < -0.39 is 11.7 Å². The minimum atomic E-state index is -4.52. The lowest BCUT2D eigenvalue weighted by Gasteiger charge is -2.11. The molecular weight excluding hydrogens is 289 g/mol. The Kier molecular flexibility index (Phi) is 5.92. The maximum atomic E-state index is 12.6. The molecule has 0 aliphatic rings. The highest BCUT2D eigenvalue weighted by molar-refractivity contribution is 5.70. The Labute approximate surface area is 118 Å². The Balaban J connectivity index is 2.78. The average molecular weight is 302 g/mol. The fourth-order valence-corrected chi connectivity index (χ4v) is 1.56. The van der Waals surface area contributed by atoms with E-state index in [0.29, 0.717) is 13.0 Å². The van der Waals surface area contributed by atoms with Crippen molar-refractivity contribution in [2.75, 3.05) is 19.0 Å². The first kappa shape index (κ1) is 16.7. The Morgan fingerprint density at radius 2 is 2.14 bits per heavy atom. The van der Waals surface area contributed by atoms with Crippen molar-refractivity contribution in [1.82, 2.24) is 0 Å². The zero-order valence-corrected chi connectivity index (χ0v) is 11.2. The fraction of sp³-hybridized carbons (Fsp3) is 0.385. The van der Waals surface area contributed by atoms with Gasteiger partial charge in [0.25, 0.3) is 0 Å². The molecule has 0 fully saturated rings. The van der Waals surface area contributed by atoms with Crippen molar-refractivity contribution in [3.05, 3.63) is 23.8 Å². The minimum absolute atomic E-state index is 0.155. The topological polar surface area (TPSA) is 67.8 Å². The molecule has 0 amide bonds. The number of ether oxygens (including phenoxy) is 1. The summed E-state index contributed by atoms with van der Waals surface area (Å²) in [7, 11) is 1.27. The third-order valence-electron chi connectivity index (χ3n) is 2.59. The van der Waals surface area contributed by atoms with Gasteiger partial charge in [0, 0.05) is 13.0 Å². The molecule has 0 aliphatic heterocycles. The Bertz CT molecular complexity index is 552. The largest absolute Gasteiger partial charge is 0.469 e. The molecule has 21 heavy (non-hydrogen) atoms. The fourth-order valence-electron chi connectivity index (χ4n) is 1.56. The molecule has 0 saturated heterocycles. The molecule has 0 atom stereocenters. The van der Waals surface area contributed by atoms with Crippen LogP contribution in [0.5, 0.6) is 0 Å². The number of isocyanates is 1. The van der Waals surface area contributed by atoms with Gasteiger partial charge in [-0.3, -0.25) is 4.79 Å². The summed E-state index contributed by atoms with van der Waals surface area (Å²) in [5, 5.41) is 2.81. The van der Waals surface area contributed by atoms with E-state index in [1.807, 2.05) is 0 Å². The summed E-state index contributed by atoms with van der Waals surface area (Å²) in [4.78, 5) is 24.4. The van der Waals surface area contributed by atoms with Crippen molar-refractivity contribution in [3.8, 4) is 0 Å². The van der Waals surface area contributed by atoms with E-state index >= 15 is 0 Å². The number of methoxy groups -OCH3 is 1. The second-order valence-electron chi connectivity index (χ2n) is 4.04. The molecule has 0 spiro atoms. The van der Waals surface area contributed by atoms with Gasteiger partial charge in [-0.2, -0.15) is 18.2 Å². The minimum Gasteiger partial charge on any atom is -0.469 e. The predicted molar refractivity (Wildman–Crippen MR) is 69.0 cm³/mol. The molecule has 1 rings (SSSR count). The van der Waals surface area contributed by atoms with E-state index in [2.05, 4.69) is 15.0 Å². The highest BCUT2D eigenvalue weighted by atomic mass is 19.4. The third kappa shape index (κ3) is 5.27. The number of halogens is 3. The van der Waals surface area contributed by atoms with Crippen molar-refractivity contribution in [2.45, 2.75) is 19.0 Å². The van der Waals surface area contributed by atoms with E-state index in [1.165, 1.54) is 19.3 Å². The summed E-state index contributed by atoms with van der Waals surface area (Å²) < 4.78 is 42.1. The van der Waals surface area contributed by atoms with E-state index in [-0.39, 0.29) is 23.8 Å². The molecule has 0 saturated carbocycles. The van der Waals surface area contributed by atoms with Crippen LogP contribution in [0.4, 0.5) is 24.5 Å². The number of carbonyl (C=O) groups is 1. The number of hydrogen-bond acceptors (Lipinski definition) is 5. The van der Waals surface area contributed by atoms with Gasteiger partial charge >= 0.3 is 12.1 Å². The highest BCUT2D eigenvalue weighted by Gasteiger charge is 2.31. The van der Waals surface area contributed by atoms with E-state index in [0.717, 1.165) is 12.1 Å². The number of carbonyl (C=O) groups excluding carboxylic acids is 2. The summed E-state index contributed by atoms with van der Waals surface area (Å²) in [6, 6.07) is 2.82. The maximum Gasteiger partial charge on any atom is 0.416 e. The number of anilines is 1. The van der Waals surface area contributed by atoms with Gasteiger partial charge in [0.05, 0.1) is 24.0 Å². The molecule has 1 aromatic rings. The molecule has 0 bridgehead atoms. The molecule has 0 heterocycles. The summed E-state index contributed by atoms with van der Waals surface area (Å²) in [6.07, 6.45) is -2.70. The molecule has 8 heteroatoms. The van der Waals surface area contributed by atoms with Crippen LogP contribution >= 0.6 is 0 Å². The highest BCUT2D eigenvalue weighted by Crippen LogP contribution is 2.35. The first-order chi connectivity index (χ1) is 9.88. The standard InChI is InChI=1S/C13H13F3N2O3/c1-21-12(20)3-2-6-17-10-5-4-9(13(14,15)16)7-11(10)18-8-19/h4-5,7,17H,2-3,6H2,1H3. The smallest absolute Gasteiger partial charge is 0.416 e. The van der Waals surface area contributed by atoms with Crippen LogP contribution in [0.25, 0.3) is 0 Å². The number of alkyl halides is 3. The molecule has 0 unspecified atom stereocenters. The second kappa shape index (κ2) is 7.44. The molecule has 1 N–H and O–H groups in total. The first-order valence-corrected chi connectivity index (χ1v) is 5.98. The molecule has 5 nitrogen and oxygen atoms in total. The number of aliphatic imine (C=N–C) groups is 1. The Morgan fingerprint density at radius 3 is 2.71 bits per heavy atom. The molecular formula is C13H13F3N2O3. The number of nitrogens with zero attached hydrogens (tertiary/aromatic N) is 1. The van der Waals surface area contributed by atoms with Gasteiger partial charge in [0.2, 0.25) is 6.08 Å². The lowest BCUT2D eigenvalue weighted by Crippen LogP contribution is -2.08. The Hall–Kier alpha value is -2.34. The number of benzene rings is 1. The lowest BCUT2D eigenvalue weighted by molar-refractivity contribution is -0.140. The zero-order valence-electron chi connectivity index (χ0n) is 11.2. The van der Waals surface area contributed by atoms with Gasteiger partial charge in [0.15, 0.2) is 0 Å². The molecule has 0 radical (unpaired) electrons. The predicted octanol–water partition coefficient (Wildman–Crippen LogP) is 3.04. The van der Waals surface area contributed by atoms with Gasteiger partial charge < -0.3 is 10.1 Å². The van der Waals surface area contributed by atoms with Gasteiger partial charge in [-0.05, 0) is 24.6 Å². The number of esters is 1. The first-order valence-electron chi connectivity index (χ1n) is 5.98. The van der Waals surface area contributed by atoms with E-state index in [1.54, 1.807) is 0 Å². The second-order valence-corrected chi connectivity index (χ2v) is 4.04. The van der Waals surface area contributed by atoms with Gasteiger partial charge in [-0.25, -0.2) is 4.79 Å². The van der Waals surface area contributed by atoms with Crippen molar-refractivity contribution < 1.29 is 27.5 Å². The number of nitrogens with one attached hydrogen (secondary N) is 1. The van der Waals surface area contributed by atoms with Crippen LogP contribution in [0.15, 0.2) is 23.2 Å². The van der Waals surface area contributed by atoms with Crippen molar-refractivity contribution >= 4 is 23.4 Å². The van der Waals surface area contributed by atoms with Gasteiger partial charge in [-0.15, -0.1) is 0 Å². The lowest BCUT2D eigenvalue weighted by atomic mass is 10.1. The normalized spacial score (nSPS) is 10.7. The Morgan fingerprint density at radius 1 is 1.43 bits per heavy atom. The van der Waals surface area contributed by atoms with Crippen LogP contribution in [0.3, 0.4) is 0 Å². The van der Waals surface area contributed by atoms with Crippen molar-refractivity contribution in [1.29, 1.82) is 0 Å². The maximum absolute atomic E-state index is 12.6. The third-order valence-corrected chi connectivity index (χ3v) is 2.59. The average Bonchev–Trinajstić information content (AvgIpc) is 2.43. The summed E-state index contributed by atoms with van der Waals surface area (Å²) in [6.45, 7) is 0.321. The number of hydrogen-bond donors (Lipinski definition) is 1.